The lowest BCUT2D eigenvalue weighted by molar-refractivity contribution is 0.467. The molecule has 0 spiro atoms. The molecule has 2 N–H and O–H groups in total. The van der Waals surface area contributed by atoms with Gasteiger partial charge in [-0.15, -0.1) is 0 Å². The van der Waals surface area contributed by atoms with Gasteiger partial charge in [0.2, 0.25) is 0 Å². The Hall–Kier alpha value is -1.03. The molecule has 0 bridgehead atoms. The number of nitrogens with two attached hydrogens (primary N) is 1. The molecule has 2 aromatic carbocycles. The van der Waals surface area contributed by atoms with Gasteiger partial charge in [-0.3, -0.25) is 0 Å². The largest absolute Gasteiger partial charge is 0.457 e. The maximum atomic E-state index is 6.13. The molecular weight excluding hydrogens is 350 g/mol. The molecule has 0 radical (unpaired) electrons. The van der Waals surface area contributed by atoms with Gasteiger partial charge in [0, 0.05) is 9.50 Å². The SMILES string of the molecule is CC(C)c1cc(Br)ccc1Oc1cc(Cl)ccc1CCN. The second-order valence-electron chi connectivity index (χ2n) is 5.23. The average molecular weight is 369 g/mol. The van der Waals surface area contributed by atoms with E-state index in [1.807, 2.05) is 30.3 Å². The maximum Gasteiger partial charge on any atom is 0.132 e. The van der Waals surface area contributed by atoms with Crippen LogP contribution in [0.2, 0.25) is 5.02 Å². The summed E-state index contributed by atoms with van der Waals surface area (Å²) in [5.41, 5.74) is 7.89. The first-order valence-corrected chi connectivity index (χ1v) is 8.14. The van der Waals surface area contributed by atoms with Crippen LogP contribution in [0.1, 0.15) is 30.9 Å². The molecule has 0 atom stereocenters. The first-order chi connectivity index (χ1) is 10.0. The van der Waals surface area contributed by atoms with E-state index in [9.17, 15) is 0 Å². The predicted molar refractivity (Wildman–Crippen MR) is 92.5 cm³/mol. The minimum absolute atomic E-state index is 0.370. The minimum atomic E-state index is 0.370. The Labute approximate surface area is 139 Å². The van der Waals surface area contributed by atoms with Gasteiger partial charge in [0.05, 0.1) is 0 Å². The molecule has 0 heterocycles. The van der Waals surface area contributed by atoms with E-state index < -0.39 is 0 Å². The van der Waals surface area contributed by atoms with Crippen LogP contribution in [0.4, 0.5) is 0 Å². The van der Waals surface area contributed by atoms with E-state index in [0.717, 1.165) is 33.5 Å². The summed E-state index contributed by atoms with van der Waals surface area (Å²) in [5.74, 6) is 2.00. The van der Waals surface area contributed by atoms with Crippen LogP contribution >= 0.6 is 27.5 Å². The van der Waals surface area contributed by atoms with Crippen LogP contribution < -0.4 is 10.5 Å². The molecule has 2 rings (SSSR count). The van der Waals surface area contributed by atoms with Gasteiger partial charge in [-0.2, -0.15) is 0 Å². The normalized spacial score (nSPS) is 11.0. The first kappa shape index (κ1) is 16.3. The van der Waals surface area contributed by atoms with E-state index in [-0.39, 0.29) is 0 Å². The summed E-state index contributed by atoms with van der Waals surface area (Å²) in [5, 5.41) is 0.661. The van der Waals surface area contributed by atoms with Gasteiger partial charge >= 0.3 is 0 Å². The van der Waals surface area contributed by atoms with Crippen molar-refractivity contribution in [2.24, 2.45) is 5.73 Å². The molecule has 0 aliphatic carbocycles. The monoisotopic (exact) mass is 367 g/mol. The van der Waals surface area contributed by atoms with E-state index in [0.29, 0.717) is 17.5 Å². The highest BCUT2D eigenvalue weighted by atomic mass is 79.9. The Bertz CT molecular complexity index is 628. The molecular formula is C17H19BrClNO. The van der Waals surface area contributed by atoms with Crippen molar-refractivity contribution in [3.05, 3.63) is 57.0 Å². The lowest BCUT2D eigenvalue weighted by atomic mass is 10.0. The van der Waals surface area contributed by atoms with E-state index in [1.54, 1.807) is 0 Å². The van der Waals surface area contributed by atoms with Crippen LogP contribution in [0, 0.1) is 0 Å². The van der Waals surface area contributed by atoms with Crippen LogP contribution in [0.25, 0.3) is 0 Å². The topological polar surface area (TPSA) is 35.2 Å². The number of hydrogen-bond acceptors (Lipinski definition) is 2. The van der Waals surface area contributed by atoms with Crippen molar-refractivity contribution in [3.63, 3.8) is 0 Å². The van der Waals surface area contributed by atoms with Gasteiger partial charge < -0.3 is 10.5 Å². The zero-order valence-electron chi connectivity index (χ0n) is 12.2. The summed E-state index contributed by atoms with van der Waals surface area (Å²) in [6.07, 6.45) is 0.764. The summed E-state index contributed by atoms with van der Waals surface area (Å²) in [6, 6.07) is 11.7. The van der Waals surface area contributed by atoms with Crippen LogP contribution in [0.15, 0.2) is 40.9 Å². The van der Waals surface area contributed by atoms with E-state index in [4.69, 9.17) is 22.1 Å². The standard InChI is InChI=1S/C17H19BrClNO/c1-11(2)15-9-13(18)4-6-16(15)21-17-10-14(19)5-3-12(17)7-8-20/h3-6,9-11H,7-8,20H2,1-2H3. The number of hydrogen-bond donors (Lipinski definition) is 1. The van der Waals surface area contributed by atoms with Gasteiger partial charge in [0.15, 0.2) is 0 Å². The predicted octanol–water partition coefficient (Wildman–Crippen LogP) is 5.52. The average Bonchev–Trinajstić information content (AvgIpc) is 2.43. The number of ether oxygens (including phenoxy) is 1. The summed E-state index contributed by atoms with van der Waals surface area (Å²) >= 11 is 9.60. The fraction of sp³-hybridized carbons (Fsp3) is 0.294. The molecule has 0 saturated carbocycles. The first-order valence-electron chi connectivity index (χ1n) is 6.97. The molecule has 4 heteroatoms. The van der Waals surface area contributed by atoms with E-state index >= 15 is 0 Å². The van der Waals surface area contributed by atoms with Crippen LogP contribution in [0.3, 0.4) is 0 Å². The Morgan fingerprint density at radius 1 is 1.14 bits per heavy atom. The molecule has 0 aliphatic heterocycles. The molecule has 0 fully saturated rings. The zero-order valence-corrected chi connectivity index (χ0v) is 14.5. The molecule has 21 heavy (non-hydrogen) atoms. The molecule has 2 nitrogen and oxygen atoms in total. The molecule has 112 valence electrons. The van der Waals surface area contributed by atoms with Crippen molar-refractivity contribution in [1.82, 2.24) is 0 Å². The highest BCUT2D eigenvalue weighted by Gasteiger charge is 2.12. The van der Waals surface area contributed by atoms with Crippen LogP contribution in [-0.4, -0.2) is 6.54 Å². The van der Waals surface area contributed by atoms with Gasteiger partial charge in [0.1, 0.15) is 11.5 Å². The second kappa shape index (κ2) is 7.30. The van der Waals surface area contributed by atoms with Crippen molar-refractivity contribution in [2.75, 3.05) is 6.54 Å². The minimum Gasteiger partial charge on any atom is -0.457 e. The summed E-state index contributed by atoms with van der Waals surface area (Å²) in [6.45, 7) is 4.87. The Morgan fingerprint density at radius 2 is 1.90 bits per heavy atom. The number of halogens is 2. The highest BCUT2D eigenvalue weighted by Crippen LogP contribution is 2.35. The van der Waals surface area contributed by atoms with Gasteiger partial charge in [-0.25, -0.2) is 0 Å². The lowest BCUT2D eigenvalue weighted by Crippen LogP contribution is -2.04. The van der Waals surface area contributed by atoms with Crippen LogP contribution in [-0.2, 0) is 6.42 Å². The van der Waals surface area contributed by atoms with Crippen molar-refractivity contribution in [3.8, 4) is 11.5 Å². The van der Waals surface area contributed by atoms with Crippen LogP contribution in [0.5, 0.6) is 11.5 Å². The Kier molecular flexibility index (Phi) is 5.68. The van der Waals surface area contributed by atoms with Crippen molar-refractivity contribution >= 4 is 27.5 Å². The molecule has 0 aliphatic rings. The second-order valence-corrected chi connectivity index (χ2v) is 6.58. The number of rotatable bonds is 5. The highest BCUT2D eigenvalue weighted by molar-refractivity contribution is 9.10. The smallest absolute Gasteiger partial charge is 0.132 e. The van der Waals surface area contributed by atoms with Crippen molar-refractivity contribution in [1.29, 1.82) is 0 Å². The summed E-state index contributed by atoms with van der Waals surface area (Å²) in [7, 11) is 0. The quantitative estimate of drug-likeness (QED) is 0.754. The zero-order chi connectivity index (χ0) is 15.4. The number of benzene rings is 2. The summed E-state index contributed by atoms with van der Waals surface area (Å²) < 4.78 is 7.18. The Balaban J connectivity index is 2.40. The fourth-order valence-electron chi connectivity index (χ4n) is 2.17. The molecule has 0 unspecified atom stereocenters. The third-order valence-corrected chi connectivity index (χ3v) is 3.98. The molecule has 2 aromatic rings. The van der Waals surface area contributed by atoms with Crippen molar-refractivity contribution in [2.45, 2.75) is 26.2 Å². The fourth-order valence-corrected chi connectivity index (χ4v) is 2.71. The van der Waals surface area contributed by atoms with Gasteiger partial charge in [-0.05, 0) is 60.3 Å². The molecule has 0 saturated heterocycles. The van der Waals surface area contributed by atoms with Crippen molar-refractivity contribution < 1.29 is 4.74 Å². The van der Waals surface area contributed by atoms with Gasteiger partial charge in [0.25, 0.3) is 0 Å². The van der Waals surface area contributed by atoms with E-state index in [1.165, 1.54) is 0 Å². The van der Waals surface area contributed by atoms with E-state index in [2.05, 4.69) is 35.8 Å². The summed E-state index contributed by atoms with van der Waals surface area (Å²) in [4.78, 5) is 0. The third kappa shape index (κ3) is 4.22. The maximum absolute atomic E-state index is 6.13. The van der Waals surface area contributed by atoms with Gasteiger partial charge in [-0.1, -0.05) is 47.4 Å². The lowest BCUT2D eigenvalue weighted by Gasteiger charge is -2.16. The third-order valence-electron chi connectivity index (χ3n) is 3.26. The molecule has 0 amide bonds. The molecule has 0 aromatic heterocycles. The Morgan fingerprint density at radius 3 is 2.57 bits per heavy atom.